The smallest absolute Gasteiger partial charge is 0.328 e. The fourth-order valence-electron chi connectivity index (χ4n) is 4.75. The quantitative estimate of drug-likeness (QED) is 0.0725. The number of aliphatic hydroxyl groups excluding tert-OH is 1. The molecule has 0 aliphatic rings. The van der Waals surface area contributed by atoms with Crippen LogP contribution < -0.4 is 10.1 Å². The lowest BCUT2D eigenvalue weighted by Gasteiger charge is -2.25. The van der Waals surface area contributed by atoms with Crippen molar-refractivity contribution < 1.29 is 29.0 Å². The minimum absolute atomic E-state index is 0.191. The monoisotopic (exact) mass is 569 g/mol. The highest BCUT2D eigenvalue weighted by Crippen LogP contribution is 2.35. The van der Waals surface area contributed by atoms with Crippen LogP contribution in [0, 0.1) is 0 Å². The molecule has 7 nitrogen and oxygen atoms in total. The van der Waals surface area contributed by atoms with Crippen LogP contribution in [-0.2, 0) is 15.8 Å². The van der Waals surface area contributed by atoms with Crippen molar-refractivity contribution in [1.82, 2.24) is 5.32 Å². The lowest BCUT2D eigenvalue weighted by molar-refractivity contribution is -0.122. The van der Waals surface area contributed by atoms with Gasteiger partial charge < -0.3 is 24.9 Å². The molecule has 0 aromatic heterocycles. The number of unbranched alkanes of at least 4 members (excludes halogenated alkanes) is 14. The van der Waals surface area contributed by atoms with Gasteiger partial charge in [0.15, 0.2) is 0 Å². The molecule has 1 rings (SSSR count). The van der Waals surface area contributed by atoms with E-state index in [9.17, 15) is 24.3 Å². The van der Waals surface area contributed by atoms with Crippen LogP contribution in [0.4, 0.5) is 0 Å². The van der Waals surface area contributed by atoms with Crippen LogP contribution in [0.2, 0.25) is 0 Å². The Labute approximate surface area is 237 Å². The predicted molar refractivity (Wildman–Crippen MR) is 160 cm³/mol. The van der Waals surface area contributed by atoms with E-state index in [0.29, 0.717) is 13.0 Å². The first kappa shape index (κ1) is 35.6. The van der Waals surface area contributed by atoms with Gasteiger partial charge in [-0.2, -0.15) is 0 Å². The van der Waals surface area contributed by atoms with Crippen molar-refractivity contribution in [3.05, 3.63) is 29.8 Å². The van der Waals surface area contributed by atoms with Gasteiger partial charge in [0, 0.05) is 6.42 Å². The SMILES string of the molecule is CCCCCCCCCCCCCCCC(=O)N[C@@H](Cc1ccc(OCCCCC)cc1)C(O)CP(=O)(O)O. The number of aliphatic hydroxyl groups is 1. The van der Waals surface area contributed by atoms with Gasteiger partial charge in [-0.15, -0.1) is 0 Å². The van der Waals surface area contributed by atoms with Gasteiger partial charge in [-0.3, -0.25) is 9.36 Å². The average Bonchev–Trinajstić information content (AvgIpc) is 2.89. The van der Waals surface area contributed by atoms with Crippen LogP contribution in [0.1, 0.15) is 129 Å². The Bertz CT molecular complexity index is 782. The number of rotatable bonds is 25. The summed E-state index contributed by atoms with van der Waals surface area (Å²) < 4.78 is 17.2. The summed E-state index contributed by atoms with van der Waals surface area (Å²) in [5.74, 6) is 0.567. The Hall–Kier alpha value is -1.40. The number of nitrogens with one attached hydrogen (secondary N) is 1. The molecule has 1 amide bonds. The van der Waals surface area contributed by atoms with Crippen molar-refractivity contribution in [2.24, 2.45) is 0 Å². The second-order valence-electron chi connectivity index (χ2n) is 11.0. The van der Waals surface area contributed by atoms with Gasteiger partial charge in [-0.25, -0.2) is 0 Å². The maximum atomic E-state index is 12.6. The molecule has 0 spiro atoms. The summed E-state index contributed by atoms with van der Waals surface area (Å²) in [5.41, 5.74) is 0.854. The van der Waals surface area contributed by atoms with E-state index >= 15 is 0 Å². The van der Waals surface area contributed by atoms with Crippen LogP contribution in [0.5, 0.6) is 5.75 Å². The molecule has 226 valence electrons. The topological polar surface area (TPSA) is 116 Å². The summed E-state index contributed by atoms with van der Waals surface area (Å²) >= 11 is 0. The van der Waals surface area contributed by atoms with Gasteiger partial charge in [-0.05, 0) is 37.0 Å². The second-order valence-corrected chi connectivity index (χ2v) is 12.7. The maximum absolute atomic E-state index is 12.6. The number of carbonyl (C=O) groups is 1. The zero-order chi connectivity index (χ0) is 28.8. The molecule has 0 aliphatic heterocycles. The third kappa shape index (κ3) is 20.2. The van der Waals surface area contributed by atoms with Crippen LogP contribution in [0.15, 0.2) is 24.3 Å². The maximum Gasteiger partial charge on any atom is 0.328 e. The first-order chi connectivity index (χ1) is 18.7. The van der Waals surface area contributed by atoms with Crippen molar-refractivity contribution in [2.45, 2.75) is 142 Å². The van der Waals surface area contributed by atoms with E-state index in [1.54, 1.807) is 0 Å². The average molecular weight is 570 g/mol. The number of benzene rings is 1. The van der Waals surface area contributed by atoms with E-state index in [2.05, 4.69) is 19.2 Å². The first-order valence-corrected chi connectivity index (χ1v) is 17.3. The van der Waals surface area contributed by atoms with E-state index < -0.39 is 25.9 Å². The molecule has 0 radical (unpaired) electrons. The molecule has 0 fully saturated rings. The number of carbonyl (C=O) groups excluding carboxylic acids is 1. The van der Waals surface area contributed by atoms with Crippen molar-refractivity contribution in [1.29, 1.82) is 0 Å². The number of ether oxygens (including phenoxy) is 1. The van der Waals surface area contributed by atoms with Gasteiger partial charge in [-0.1, -0.05) is 116 Å². The van der Waals surface area contributed by atoms with E-state index in [1.807, 2.05) is 24.3 Å². The van der Waals surface area contributed by atoms with Crippen LogP contribution >= 0.6 is 7.60 Å². The molecule has 0 aliphatic carbocycles. The van der Waals surface area contributed by atoms with Crippen molar-refractivity contribution in [2.75, 3.05) is 12.8 Å². The summed E-state index contributed by atoms with van der Waals surface area (Å²) in [6.45, 7) is 5.05. The highest BCUT2D eigenvalue weighted by atomic mass is 31.2. The molecule has 0 bridgehead atoms. The fraction of sp³-hybridized carbons (Fsp3) is 0.774. The lowest BCUT2D eigenvalue weighted by atomic mass is 10.0. The van der Waals surface area contributed by atoms with Gasteiger partial charge in [0.2, 0.25) is 5.91 Å². The zero-order valence-electron chi connectivity index (χ0n) is 24.6. The van der Waals surface area contributed by atoms with Gasteiger partial charge in [0.25, 0.3) is 0 Å². The highest BCUT2D eigenvalue weighted by Gasteiger charge is 2.28. The van der Waals surface area contributed by atoms with Crippen molar-refractivity contribution in [3.8, 4) is 5.75 Å². The highest BCUT2D eigenvalue weighted by molar-refractivity contribution is 7.51. The molecule has 0 saturated heterocycles. The van der Waals surface area contributed by atoms with Gasteiger partial charge in [0.1, 0.15) is 5.75 Å². The third-order valence-corrected chi connectivity index (χ3v) is 7.99. The standard InChI is InChI=1S/C31H56NO6P/c1-3-5-7-8-9-10-11-12-13-14-15-16-17-19-31(34)32-29(30(33)26-39(35,36)37)25-27-20-22-28(23-21-27)38-24-18-6-4-2/h20-23,29-30,33H,3-19,24-26H2,1-2H3,(H,32,34)(H2,35,36,37)/t29-,30?/m0/s1. The Morgan fingerprint density at radius 2 is 1.28 bits per heavy atom. The Balaban J connectivity index is 2.37. The molecule has 4 N–H and O–H groups in total. The van der Waals surface area contributed by atoms with Crippen molar-refractivity contribution >= 4 is 13.5 Å². The first-order valence-electron chi connectivity index (χ1n) is 15.5. The Morgan fingerprint density at radius 3 is 1.79 bits per heavy atom. The zero-order valence-corrected chi connectivity index (χ0v) is 25.5. The fourth-order valence-corrected chi connectivity index (χ4v) is 5.50. The molecular formula is C31H56NO6P. The van der Waals surface area contributed by atoms with Crippen LogP contribution in [0.25, 0.3) is 0 Å². The summed E-state index contributed by atoms with van der Waals surface area (Å²) in [5, 5.41) is 13.4. The Morgan fingerprint density at radius 1 is 0.795 bits per heavy atom. The summed E-state index contributed by atoms with van der Waals surface area (Å²) in [7, 11) is -4.42. The Kier molecular flexibility index (Phi) is 20.4. The molecule has 39 heavy (non-hydrogen) atoms. The number of hydrogen-bond donors (Lipinski definition) is 4. The largest absolute Gasteiger partial charge is 0.494 e. The van der Waals surface area contributed by atoms with E-state index in [-0.39, 0.29) is 12.3 Å². The minimum atomic E-state index is -4.42. The van der Waals surface area contributed by atoms with E-state index in [1.165, 1.54) is 64.2 Å². The molecule has 2 atom stereocenters. The summed E-state index contributed by atoms with van der Waals surface area (Å²) in [6.07, 6.45) is 17.9. The molecule has 0 heterocycles. The van der Waals surface area contributed by atoms with Gasteiger partial charge in [0.05, 0.1) is 24.9 Å². The minimum Gasteiger partial charge on any atom is -0.494 e. The normalized spacial score (nSPS) is 13.3. The molecule has 1 aromatic rings. The van der Waals surface area contributed by atoms with Crippen LogP contribution in [0.3, 0.4) is 0 Å². The lowest BCUT2D eigenvalue weighted by Crippen LogP contribution is -2.46. The summed E-state index contributed by atoms with van der Waals surface area (Å²) in [6, 6.07) is 6.66. The second kappa shape index (κ2) is 22.3. The molecule has 8 heteroatoms. The molecular weight excluding hydrogens is 513 g/mol. The molecule has 0 saturated carbocycles. The molecule has 1 aromatic carbocycles. The van der Waals surface area contributed by atoms with E-state index in [4.69, 9.17) is 4.74 Å². The summed E-state index contributed by atoms with van der Waals surface area (Å²) in [4.78, 5) is 31.3. The van der Waals surface area contributed by atoms with Crippen molar-refractivity contribution in [3.63, 3.8) is 0 Å². The van der Waals surface area contributed by atoms with Crippen LogP contribution in [-0.4, -0.2) is 45.7 Å². The van der Waals surface area contributed by atoms with Gasteiger partial charge >= 0.3 is 7.60 Å². The van der Waals surface area contributed by atoms with E-state index in [0.717, 1.165) is 49.8 Å². The molecule has 1 unspecified atom stereocenters. The predicted octanol–water partition coefficient (Wildman–Crippen LogP) is 7.30. The third-order valence-electron chi connectivity index (χ3n) is 7.14. The number of amides is 1. The number of hydrogen-bond acceptors (Lipinski definition) is 4.